The molecular weight excluding hydrogens is 418 g/mol. The average molecular weight is 456 g/mol. The van der Waals surface area contributed by atoms with Crippen LogP contribution >= 0.6 is 0 Å². The molecule has 0 aliphatic heterocycles. The van der Waals surface area contributed by atoms with Crippen molar-refractivity contribution in [2.75, 3.05) is 13.2 Å². The number of nitrogens with zero attached hydrogens (tertiary/aromatic N) is 1. The van der Waals surface area contributed by atoms with Gasteiger partial charge in [-0.3, -0.25) is 0 Å². The maximum atomic E-state index is 13.8. The highest BCUT2D eigenvalue weighted by Gasteiger charge is 2.42. The van der Waals surface area contributed by atoms with E-state index in [0.29, 0.717) is 17.9 Å². The fourth-order valence-corrected chi connectivity index (χ4v) is 7.56. The van der Waals surface area contributed by atoms with Gasteiger partial charge in [-0.05, 0) is 67.2 Å². The van der Waals surface area contributed by atoms with Crippen LogP contribution in [-0.2, 0) is 22.9 Å². The molecule has 0 bridgehead atoms. The van der Waals surface area contributed by atoms with Gasteiger partial charge < -0.3 is 5.11 Å². The molecule has 2 aromatic carbocycles. The number of aliphatic hydroxyl groups excluding tert-OH is 1. The van der Waals surface area contributed by atoms with Crippen molar-refractivity contribution in [3.05, 3.63) is 65.7 Å². The van der Waals surface area contributed by atoms with Crippen LogP contribution in [0.3, 0.4) is 0 Å². The molecule has 32 heavy (non-hydrogen) atoms. The smallest absolute Gasteiger partial charge is 0.243 e. The molecule has 0 amide bonds. The van der Waals surface area contributed by atoms with Gasteiger partial charge in [0.05, 0.1) is 4.90 Å². The Morgan fingerprint density at radius 2 is 1.47 bits per heavy atom. The summed E-state index contributed by atoms with van der Waals surface area (Å²) in [5, 5.41) is 9.19. The monoisotopic (exact) mass is 455 g/mol. The predicted octanol–water partition coefficient (Wildman–Crippen LogP) is 5.35. The Kier molecular flexibility index (Phi) is 7.70. The molecule has 0 atom stereocenters. The fraction of sp³-hybridized carbons (Fsp3) is 0.556. The van der Waals surface area contributed by atoms with Gasteiger partial charge in [-0.2, -0.15) is 4.31 Å². The zero-order valence-electron chi connectivity index (χ0n) is 19.1. The normalized spacial score (nSPS) is 19.4. The van der Waals surface area contributed by atoms with Gasteiger partial charge in [-0.1, -0.05) is 74.6 Å². The molecule has 2 aromatic rings. The molecule has 2 aliphatic carbocycles. The van der Waals surface area contributed by atoms with E-state index in [1.54, 1.807) is 12.1 Å². The van der Waals surface area contributed by atoms with Gasteiger partial charge in [-0.25, -0.2) is 8.42 Å². The van der Waals surface area contributed by atoms with Crippen LogP contribution in [0.15, 0.2) is 59.5 Å². The van der Waals surface area contributed by atoms with Crippen molar-refractivity contribution in [2.24, 2.45) is 5.41 Å². The Hall–Kier alpha value is -1.69. The fourth-order valence-electron chi connectivity index (χ4n) is 5.74. The molecule has 0 unspecified atom stereocenters. The van der Waals surface area contributed by atoms with E-state index in [9.17, 15) is 13.5 Å². The molecule has 4 rings (SSSR count). The molecule has 2 saturated carbocycles. The summed E-state index contributed by atoms with van der Waals surface area (Å²) in [4.78, 5) is 0.423. The van der Waals surface area contributed by atoms with Crippen molar-refractivity contribution >= 4 is 10.0 Å². The van der Waals surface area contributed by atoms with Crippen LogP contribution in [0.25, 0.3) is 0 Å². The zero-order chi connectivity index (χ0) is 22.4. The second-order valence-corrected chi connectivity index (χ2v) is 11.7. The van der Waals surface area contributed by atoms with E-state index in [1.165, 1.54) is 24.8 Å². The van der Waals surface area contributed by atoms with Crippen LogP contribution in [0, 0.1) is 5.41 Å². The molecule has 0 radical (unpaired) electrons. The number of aliphatic hydroxyl groups is 1. The summed E-state index contributed by atoms with van der Waals surface area (Å²) in [5.74, 6) is 0. The molecule has 1 N–H and O–H groups in total. The minimum absolute atomic E-state index is 0.00219. The summed E-state index contributed by atoms with van der Waals surface area (Å²) >= 11 is 0. The maximum Gasteiger partial charge on any atom is 0.243 e. The first kappa shape index (κ1) is 23.5. The van der Waals surface area contributed by atoms with Crippen LogP contribution in [-0.4, -0.2) is 37.0 Å². The Bertz CT molecular complexity index is 944. The third-order valence-corrected chi connectivity index (χ3v) is 9.40. The molecule has 174 valence electrons. The predicted molar refractivity (Wildman–Crippen MR) is 129 cm³/mol. The topological polar surface area (TPSA) is 57.6 Å². The van der Waals surface area contributed by atoms with Crippen molar-refractivity contribution in [1.29, 1.82) is 0 Å². The lowest BCUT2D eigenvalue weighted by Gasteiger charge is -2.40. The number of sulfonamides is 1. The lowest BCUT2D eigenvalue weighted by atomic mass is 9.79. The van der Waals surface area contributed by atoms with E-state index in [1.807, 2.05) is 22.5 Å². The molecule has 5 heteroatoms. The molecule has 0 saturated heterocycles. The van der Waals surface area contributed by atoms with Gasteiger partial charge in [0.1, 0.15) is 0 Å². The lowest BCUT2D eigenvalue weighted by molar-refractivity contribution is 0.162. The minimum atomic E-state index is -3.53. The van der Waals surface area contributed by atoms with E-state index in [4.69, 9.17) is 0 Å². The first-order chi connectivity index (χ1) is 15.5. The van der Waals surface area contributed by atoms with Crippen LogP contribution in [0.5, 0.6) is 0 Å². The van der Waals surface area contributed by atoms with Crippen LogP contribution in [0.2, 0.25) is 0 Å². The molecular formula is C27H37NO3S. The SMILES string of the molecule is O=S(=O)(c1ccccc1)N(CC1(Cc2ccc(CCO)cc2)CCCC1)C1CCCCC1. The van der Waals surface area contributed by atoms with Crippen molar-refractivity contribution in [3.63, 3.8) is 0 Å². The first-order valence-corrected chi connectivity index (χ1v) is 13.7. The minimum Gasteiger partial charge on any atom is -0.396 e. The van der Waals surface area contributed by atoms with Gasteiger partial charge in [0, 0.05) is 19.2 Å². The summed E-state index contributed by atoms with van der Waals surface area (Å²) in [6.45, 7) is 0.782. The zero-order valence-corrected chi connectivity index (χ0v) is 19.9. The third-order valence-electron chi connectivity index (χ3n) is 7.49. The summed E-state index contributed by atoms with van der Waals surface area (Å²) in [7, 11) is -3.53. The summed E-state index contributed by atoms with van der Waals surface area (Å²) < 4.78 is 29.6. The van der Waals surface area contributed by atoms with Crippen LogP contribution in [0.4, 0.5) is 0 Å². The lowest BCUT2D eigenvalue weighted by Crippen LogP contribution is -2.47. The van der Waals surface area contributed by atoms with Crippen molar-refractivity contribution < 1.29 is 13.5 Å². The largest absolute Gasteiger partial charge is 0.396 e. The molecule has 2 fully saturated rings. The van der Waals surface area contributed by atoms with Gasteiger partial charge >= 0.3 is 0 Å². The van der Waals surface area contributed by atoms with Gasteiger partial charge in [0.15, 0.2) is 0 Å². The van der Waals surface area contributed by atoms with Crippen LogP contribution in [0.1, 0.15) is 68.9 Å². The standard InChI is InChI=1S/C27H37NO3S/c29-20-17-23-13-15-24(16-14-23)21-27(18-7-8-19-27)22-28(25-9-3-1-4-10-25)32(30,31)26-11-5-2-6-12-26/h2,5-6,11-16,25,29H,1,3-4,7-10,17-22H2. The van der Waals surface area contributed by atoms with E-state index < -0.39 is 10.0 Å². The third kappa shape index (κ3) is 5.44. The summed E-state index contributed by atoms with van der Waals surface area (Å²) in [6.07, 6.45) is 11.5. The molecule has 2 aliphatic rings. The van der Waals surface area contributed by atoms with Gasteiger partial charge in [0.2, 0.25) is 10.0 Å². The second-order valence-electron chi connectivity index (χ2n) is 9.83. The Balaban J connectivity index is 1.62. The highest BCUT2D eigenvalue weighted by molar-refractivity contribution is 7.89. The van der Waals surface area contributed by atoms with Crippen molar-refractivity contribution in [3.8, 4) is 0 Å². The maximum absolute atomic E-state index is 13.8. The number of rotatable bonds is 9. The Labute approximate surface area is 193 Å². The number of hydrogen-bond acceptors (Lipinski definition) is 3. The average Bonchev–Trinajstić information content (AvgIpc) is 3.28. The highest BCUT2D eigenvalue weighted by Crippen LogP contribution is 2.44. The Morgan fingerprint density at radius 3 is 2.09 bits per heavy atom. The molecule has 0 spiro atoms. The first-order valence-electron chi connectivity index (χ1n) is 12.3. The van der Waals surface area contributed by atoms with Crippen molar-refractivity contribution in [2.45, 2.75) is 81.6 Å². The van der Waals surface area contributed by atoms with Gasteiger partial charge in [-0.15, -0.1) is 0 Å². The van der Waals surface area contributed by atoms with E-state index in [-0.39, 0.29) is 18.1 Å². The quantitative estimate of drug-likeness (QED) is 0.555. The van der Waals surface area contributed by atoms with E-state index >= 15 is 0 Å². The highest BCUT2D eigenvalue weighted by atomic mass is 32.2. The Morgan fingerprint density at radius 1 is 0.844 bits per heavy atom. The van der Waals surface area contributed by atoms with Gasteiger partial charge in [0.25, 0.3) is 0 Å². The van der Waals surface area contributed by atoms with E-state index in [0.717, 1.165) is 50.5 Å². The molecule has 0 aromatic heterocycles. The summed E-state index contributed by atoms with van der Waals surface area (Å²) in [6, 6.07) is 17.7. The van der Waals surface area contributed by atoms with Crippen molar-refractivity contribution in [1.82, 2.24) is 4.31 Å². The number of hydrogen-bond donors (Lipinski definition) is 1. The number of benzene rings is 2. The molecule has 0 heterocycles. The second kappa shape index (κ2) is 10.5. The van der Waals surface area contributed by atoms with E-state index in [2.05, 4.69) is 24.3 Å². The molecule has 4 nitrogen and oxygen atoms in total. The van der Waals surface area contributed by atoms with Crippen LogP contribution < -0.4 is 0 Å². The summed E-state index contributed by atoms with van der Waals surface area (Å²) in [5.41, 5.74) is 2.42.